The number of nitrogens with one attached hydrogen (secondary N) is 1. The molecular formula is C16H15ClN2O4S. The molecule has 2 aromatic carbocycles. The van der Waals surface area contributed by atoms with Crippen molar-refractivity contribution in [2.75, 3.05) is 11.6 Å². The van der Waals surface area contributed by atoms with Gasteiger partial charge in [-0.25, -0.2) is 8.42 Å². The summed E-state index contributed by atoms with van der Waals surface area (Å²) in [5.74, 6) is 0.234. The lowest BCUT2D eigenvalue weighted by Crippen LogP contribution is -2.08. The van der Waals surface area contributed by atoms with E-state index in [1.54, 1.807) is 6.07 Å². The van der Waals surface area contributed by atoms with Gasteiger partial charge in [0.2, 0.25) is 0 Å². The van der Waals surface area contributed by atoms with Crippen molar-refractivity contribution in [3.05, 3.63) is 63.2 Å². The molecule has 2 atom stereocenters. The summed E-state index contributed by atoms with van der Waals surface area (Å²) in [5.41, 5.74) is 1.16. The number of sulfone groups is 1. The molecule has 2 aromatic rings. The van der Waals surface area contributed by atoms with Crippen LogP contribution in [0.5, 0.6) is 0 Å². The van der Waals surface area contributed by atoms with Gasteiger partial charge in [-0.15, -0.1) is 0 Å². The van der Waals surface area contributed by atoms with Gasteiger partial charge in [0.25, 0.3) is 5.69 Å². The molecular weight excluding hydrogens is 352 g/mol. The van der Waals surface area contributed by atoms with Crippen molar-refractivity contribution >= 4 is 32.8 Å². The Bertz CT molecular complexity index is 914. The van der Waals surface area contributed by atoms with Gasteiger partial charge in [0, 0.05) is 29.3 Å². The third kappa shape index (κ3) is 3.52. The first-order valence-electron chi connectivity index (χ1n) is 7.26. The maximum atomic E-state index is 11.6. The van der Waals surface area contributed by atoms with E-state index in [0.717, 1.165) is 24.3 Å². The van der Waals surface area contributed by atoms with E-state index in [0.29, 0.717) is 10.7 Å². The van der Waals surface area contributed by atoms with Gasteiger partial charge in [-0.2, -0.15) is 0 Å². The van der Waals surface area contributed by atoms with Crippen LogP contribution in [0.3, 0.4) is 0 Å². The summed E-state index contributed by atoms with van der Waals surface area (Å²) in [7, 11) is -3.49. The van der Waals surface area contributed by atoms with E-state index in [2.05, 4.69) is 5.32 Å². The molecule has 1 saturated carbocycles. The Hall–Kier alpha value is -2.12. The second kappa shape index (κ2) is 6.07. The molecule has 1 aliphatic carbocycles. The summed E-state index contributed by atoms with van der Waals surface area (Å²) in [5, 5.41) is 15.0. The van der Waals surface area contributed by atoms with Crippen LogP contribution in [-0.4, -0.2) is 25.6 Å². The van der Waals surface area contributed by atoms with Crippen molar-refractivity contribution in [3.8, 4) is 0 Å². The third-order valence-corrected chi connectivity index (χ3v) is 5.35. The van der Waals surface area contributed by atoms with Crippen LogP contribution >= 0.6 is 11.6 Å². The van der Waals surface area contributed by atoms with Gasteiger partial charge < -0.3 is 5.32 Å². The Labute approximate surface area is 144 Å². The highest BCUT2D eigenvalue weighted by molar-refractivity contribution is 7.90. The number of nitrogens with zero attached hydrogens (tertiary/aromatic N) is 1. The fourth-order valence-corrected chi connectivity index (χ4v) is 3.51. The van der Waals surface area contributed by atoms with Gasteiger partial charge in [-0.1, -0.05) is 23.7 Å². The quantitative estimate of drug-likeness (QED) is 0.644. The van der Waals surface area contributed by atoms with Gasteiger partial charge >= 0.3 is 0 Å². The smallest absolute Gasteiger partial charge is 0.293 e. The Morgan fingerprint density at radius 3 is 2.62 bits per heavy atom. The molecule has 1 aliphatic rings. The predicted molar refractivity (Wildman–Crippen MR) is 92.4 cm³/mol. The van der Waals surface area contributed by atoms with Crippen LogP contribution in [0.2, 0.25) is 5.02 Å². The Balaban J connectivity index is 1.82. The lowest BCUT2D eigenvalue weighted by Gasteiger charge is -2.08. The van der Waals surface area contributed by atoms with Crippen LogP contribution in [0, 0.1) is 10.1 Å². The predicted octanol–water partition coefficient (Wildman–Crippen LogP) is 3.62. The Morgan fingerprint density at radius 2 is 2.00 bits per heavy atom. The molecule has 3 rings (SSSR count). The molecule has 24 heavy (non-hydrogen) atoms. The SMILES string of the molecule is CS(=O)(=O)c1ccc(NC2CC2c2cccc(Cl)c2)c([N+](=O)[O-])c1. The average Bonchev–Trinajstić information content (AvgIpc) is 3.25. The van der Waals surface area contributed by atoms with Gasteiger partial charge in [0.05, 0.1) is 9.82 Å². The number of anilines is 1. The van der Waals surface area contributed by atoms with E-state index >= 15 is 0 Å². The van der Waals surface area contributed by atoms with Crippen LogP contribution < -0.4 is 5.32 Å². The molecule has 0 bridgehead atoms. The number of nitro groups is 1. The number of rotatable bonds is 5. The molecule has 2 unspecified atom stereocenters. The maximum absolute atomic E-state index is 11.6. The fraction of sp³-hybridized carbons (Fsp3) is 0.250. The second-order valence-corrected chi connectivity index (χ2v) is 8.31. The number of benzene rings is 2. The highest BCUT2D eigenvalue weighted by Gasteiger charge is 2.39. The molecule has 0 radical (unpaired) electrons. The number of hydrogen-bond acceptors (Lipinski definition) is 5. The van der Waals surface area contributed by atoms with Crippen LogP contribution in [0.1, 0.15) is 17.9 Å². The van der Waals surface area contributed by atoms with Crippen molar-refractivity contribution in [3.63, 3.8) is 0 Å². The van der Waals surface area contributed by atoms with Crippen LogP contribution in [-0.2, 0) is 9.84 Å². The lowest BCUT2D eigenvalue weighted by molar-refractivity contribution is -0.384. The molecule has 1 fully saturated rings. The van der Waals surface area contributed by atoms with Crippen LogP contribution in [0.25, 0.3) is 0 Å². The topological polar surface area (TPSA) is 89.3 Å². The summed E-state index contributed by atoms with van der Waals surface area (Å²) < 4.78 is 23.1. The summed E-state index contributed by atoms with van der Waals surface area (Å²) in [4.78, 5) is 10.6. The standard InChI is InChI=1S/C16H15ClN2O4S/c1-24(22,23)12-5-6-14(16(8-12)19(20)21)18-15-9-13(15)10-3-2-4-11(17)7-10/h2-8,13,15,18H,9H2,1H3. The molecule has 0 aliphatic heterocycles. The fourth-order valence-electron chi connectivity index (χ4n) is 2.68. The van der Waals surface area contributed by atoms with Gasteiger partial charge in [0.15, 0.2) is 9.84 Å². The lowest BCUT2D eigenvalue weighted by atomic mass is 10.1. The average molecular weight is 367 g/mol. The normalized spacial score (nSPS) is 19.8. The Kier molecular flexibility index (Phi) is 4.23. The molecule has 0 heterocycles. The minimum Gasteiger partial charge on any atom is -0.376 e. The van der Waals surface area contributed by atoms with Gasteiger partial charge in [0.1, 0.15) is 5.69 Å². The zero-order valence-electron chi connectivity index (χ0n) is 12.8. The number of halogens is 1. The molecule has 0 aromatic heterocycles. The van der Waals surface area contributed by atoms with Crippen molar-refractivity contribution < 1.29 is 13.3 Å². The van der Waals surface area contributed by atoms with Crippen LogP contribution in [0.15, 0.2) is 47.4 Å². The van der Waals surface area contributed by atoms with E-state index < -0.39 is 14.8 Å². The molecule has 0 amide bonds. The number of nitro benzene ring substituents is 1. The zero-order valence-corrected chi connectivity index (χ0v) is 14.3. The van der Waals surface area contributed by atoms with Crippen molar-refractivity contribution in [2.45, 2.75) is 23.3 Å². The molecule has 1 N–H and O–H groups in total. The molecule has 0 spiro atoms. The first-order valence-corrected chi connectivity index (χ1v) is 9.53. The highest BCUT2D eigenvalue weighted by atomic mass is 35.5. The highest BCUT2D eigenvalue weighted by Crippen LogP contribution is 2.44. The van der Waals surface area contributed by atoms with E-state index in [1.165, 1.54) is 12.1 Å². The molecule has 0 saturated heterocycles. The van der Waals surface area contributed by atoms with Crippen molar-refractivity contribution in [1.82, 2.24) is 0 Å². The minimum absolute atomic E-state index is 0.0613. The second-order valence-electron chi connectivity index (χ2n) is 5.86. The minimum atomic E-state index is -3.49. The zero-order chi connectivity index (χ0) is 17.5. The van der Waals surface area contributed by atoms with Crippen molar-refractivity contribution in [1.29, 1.82) is 0 Å². The van der Waals surface area contributed by atoms with E-state index in [9.17, 15) is 18.5 Å². The molecule has 6 nitrogen and oxygen atoms in total. The van der Waals surface area contributed by atoms with Gasteiger partial charge in [-0.05, 0) is 36.2 Å². The molecule has 8 heteroatoms. The Morgan fingerprint density at radius 1 is 1.25 bits per heavy atom. The van der Waals surface area contributed by atoms with Crippen molar-refractivity contribution in [2.24, 2.45) is 0 Å². The summed E-state index contributed by atoms with van der Waals surface area (Å²) in [6.07, 6.45) is 1.86. The first kappa shape index (κ1) is 16.7. The first-order chi connectivity index (χ1) is 11.3. The summed E-state index contributed by atoms with van der Waals surface area (Å²) in [6.45, 7) is 0. The molecule has 126 valence electrons. The van der Waals surface area contributed by atoms with E-state index in [-0.39, 0.29) is 22.5 Å². The maximum Gasteiger partial charge on any atom is 0.293 e. The largest absolute Gasteiger partial charge is 0.376 e. The summed E-state index contributed by atoms with van der Waals surface area (Å²) >= 11 is 5.98. The third-order valence-electron chi connectivity index (χ3n) is 4.00. The summed E-state index contributed by atoms with van der Waals surface area (Å²) in [6, 6.07) is 11.5. The van der Waals surface area contributed by atoms with Gasteiger partial charge in [-0.3, -0.25) is 10.1 Å². The number of hydrogen-bond donors (Lipinski definition) is 1. The monoisotopic (exact) mass is 366 g/mol. The van der Waals surface area contributed by atoms with E-state index in [1.807, 2.05) is 18.2 Å². The van der Waals surface area contributed by atoms with E-state index in [4.69, 9.17) is 11.6 Å². The van der Waals surface area contributed by atoms with Crippen LogP contribution in [0.4, 0.5) is 11.4 Å².